The molecule has 0 saturated heterocycles. The molecule has 0 aromatic heterocycles. The predicted octanol–water partition coefficient (Wildman–Crippen LogP) is 5.98. The van der Waals surface area contributed by atoms with Gasteiger partial charge in [-0.15, -0.1) is 0 Å². The molecule has 4 aromatic carbocycles. The lowest BCUT2D eigenvalue weighted by Gasteiger charge is -2.23. The topological polar surface area (TPSA) is 75.6 Å². The average molecular weight is 601 g/mol. The lowest BCUT2D eigenvalue weighted by Crippen LogP contribution is -2.34. The molecule has 7 heteroatoms. The first-order chi connectivity index (χ1) is 21.7. The summed E-state index contributed by atoms with van der Waals surface area (Å²) in [4.78, 5) is 0. The zero-order chi connectivity index (χ0) is 30.5. The molecule has 0 fully saturated rings. The van der Waals surface area contributed by atoms with E-state index in [2.05, 4.69) is 0 Å². The molecule has 44 heavy (non-hydrogen) atoms. The van der Waals surface area contributed by atoms with E-state index in [9.17, 15) is 5.11 Å². The Morgan fingerprint density at radius 1 is 0.364 bits per heavy atom. The Morgan fingerprint density at radius 2 is 0.614 bits per heavy atom. The fourth-order valence-corrected chi connectivity index (χ4v) is 4.36. The second-order valence-corrected chi connectivity index (χ2v) is 10.6. The zero-order valence-electron chi connectivity index (χ0n) is 25.2. The summed E-state index contributed by atoms with van der Waals surface area (Å²) in [6.07, 6.45) is -1.54. The van der Waals surface area contributed by atoms with E-state index in [4.69, 9.17) is 28.4 Å². The fraction of sp³-hybridized carbons (Fsp3) is 0.351. The molecule has 0 bridgehead atoms. The number of aliphatic hydroxyl groups is 1. The summed E-state index contributed by atoms with van der Waals surface area (Å²) in [5.41, 5.74) is 4.33. The van der Waals surface area contributed by atoms with Gasteiger partial charge >= 0.3 is 0 Å². The van der Waals surface area contributed by atoms with Gasteiger partial charge in [0.2, 0.25) is 0 Å². The van der Waals surface area contributed by atoms with Crippen LogP contribution in [0.3, 0.4) is 0 Å². The summed E-state index contributed by atoms with van der Waals surface area (Å²) in [5.74, 6) is 0. The van der Waals surface area contributed by atoms with Crippen LogP contribution in [0, 0.1) is 0 Å². The van der Waals surface area contributed by atoms with Crippen molar-refractivity contribution in [3.63, 3.8) is 0 Å². The highest BCUT2D eigenvalue weighted by atomic mass is 16.6. The first kappa shape index (κ1) is 33.5. The summed E-state index contributed by atoms with van der Waals surface area (Å²) in [6, 6.07) is 40.0. The van der Waals surface area contributed by atoms with Gasteiger partial charge < -0.3 is 33.5 Å². The van der Waals surface area contributed by atoms with Gasteiger partial charge in [-0.3, -0.25) is 0 Å². The molecule has 0 aliphatic carbocycles. The average Bonchev–Trinajstić information content (AvgIpc) is 3.07. The van der Waals surface area contributed by atoms with E-state index in [0.29, 0.717) is 52.9 Å². The van der Waals surface area contributed by atoms with Crippen LogP contribution in [0.15, 0.2) is 121 Å². The number of hydrogen-bond donors (Lipinski definition) is 1. The lowest BCUT2D eigenvalue weighted by molar-refractivity contribution is -0.118. The number of ether oxygens (including phenoxy) is 6. The maximum atomic E-state index is 10.7. The molecule has 0 heterocycles. The van der Waals surface area contributed by atoms with Crippen molar-refractivity contribution in [2.24, 2.45) is 0 Å². The molecule has 0 saturated carbocycles. The smallest absolute Gasteiger partial charge is 0.104 e. The van der Waals surface area contributed by atoms with Gasteiger partial charge in [-0.25, -0.2) is 0 Å². The number of aliphatic hydroxyl groups excluding tert-OH is 1. The second kappa shape index (κ2) is 20.5. The molecule has 7 nitrogen and oxygen atoms in total. The van der Waals surface area contributed by atoms with Gasteiger partial charge in [0.1, 0.15) is 18.3 Å². The molecule has 234 valence electrons. The molecule has 0 unspecified atom stereocenters. The third kappa shape index (κ3) is 13.9. The summed E-state index contributed by atoms with van der Waals surface area (Å²) in [5, 5.41) is 10.7. The van der Waals surface area contributed by atoms with Gasteiger partial charge in [0.15, 0.2) is 0 Å². The lowest BCUT2D eigenvalue weighted by atomic mass is 10.2. The molecule has 1 N–H and O–H groups in total. The number of hydrogen-bond acceptors (Lipinski definition) is 7. The van der Waals surface area contributed by atoms with Crippen molar-refractivity contribution in [3.8, 4) is 0 Å². The standard InChI is InChI=1S/C37H44O7/c38-35(25-43-36(27-39-21-31-13-5-1-6-14-31)28-40-22-32-15-7-2-8-16-32)26-44-37(29-41-23-33-17-9-3-10-18-33)30-42-24-34-19-11-4-12-20-34/h1-20,35-38H,21-30H2. The van der Waals surface area contributed by atoms with Crippen molar-refractivity contribution in [3.05, 3.63) is 144 Å². The Labute approximate surface area is 261 Å². The van der Waals surface area contributed by atoms with E-state index < -0.39 is 6.10 Å². The molecule has 4 aromatic rings. The van der Waals surface area contributed by atoms with Crippen molar-refractivity contribution < 1.29 is 33.5 Å². The van der Waals surface area contributed by atoms with E-state index >= 15 is 0 Å². The molecular formula is C37H44O7. The van der Waals surface area contributed by atoms with Crippen LogP contribution in [-0.4, -0.2) is 63.1 Å². The fourth-order valence-electron chi connectivity index (χ4n) is 4.36. The normalized spacial score (nSPS) is 11.5. The van der Waals surface area contributed by atoms with Crippen molar-refractivity contribution in [1.29, 1.82) is 0 Å². The molecular weight excluding hydrogens is 556 g/mol. The summed E-state index contributed by atoms with van der Waals surface area (Å²) in [7, 11) is 0. The van der Waals surface area contributed by atoms with Crippen LogP contribution in [0.2, 0.25) is 0 Å². The minimum absolute atomic E-state index is 0.0799. The second-order valence-electron chi connectivity index (χ2n) is 10.6. The highest BCUT2D eigenvalue weighted by Crippen LogP contribution is 2.09. The number of benzene rings is 4. The van der Waals surface area contributed by atoms with E-state index in [1.54, 1.807) is 0 Å². The first-order valence-corrected chi connectivity index (χ1v) is 15.1. The summed E-state index contributed by atoms with van der Waals surface area (Å²) < 4.78 is 35.8. The van der Waals surface area contributed by atoms with Crippen LogP contribution in [0.4, 0.5) is 0 Å². The Hall–Kier alpha value is -3.40. The quantitative estimate of drug-likeness (QED) is 0.119. The first-order valence-electron chi connectivity index (χ1n) is 15.1. The van der Waals surface area contributed by atoms with Crippen LogP contribution >= 0.6 is 0 Å². The molecule has 0 atom stereocenters. The van der Waals surface area contributed by atoms with Gasteiger partial charge in [0.05, 0.1) is 66.1 Å². The van der Waals surface area contributed by atoms with E-state index in [-0.39, 0.29) is 25.4 Å². The molecule has 0 radical (unpaired) electrons. The molecule has 0 spiro atoms. The third-order valence-electron chi connectivity index (χ3n) is 6.71. The van der Waals surface area contributed by atoms with Crippen LogP contribution < -0.4 is 0 Å². The molecule has 4 rings (SSSR count). The summed E-state index contributed by atoms with van der Waals surface area (Å²) >= 11 is 0. The Kier molecular flexibility index (Phi) is 15.6. The zero-order valence-corrected chi connectivity index (χ0v) is 25.2. The van der Waals surface area contributed by atoms with E-state index in [1.165, 1.54) is 0 Å². The van der Waals surface area contributed by atoms with Gasteiger partial charge in [0, 0.05) is 0 Å². The van der Waals surface area contributed by atoms with Crippen molar-refractivity contribution >= 4 is 0 Å². The molecule has 0 amide bonds. The third-order valence-corrected chi connectivity index (χ3v) is 6.71. The largest absolute Gasteiger partial charge is 0.388 e. The summed E-state index contributed by atoms with van der Waals surface area (Å²) in [6.45, 7) is 3.38. The van der Waals surface area contributed by atoms with Crippen LogP contribution in [0.25, 0.3) is 0 Å². The van der Waals surface area contributed by atoms with Crippen molar-refractivity contribution in [2.45, 2.75) is 44.7 Å². The Balaban J connectivity index is 1.22. The SMILES string of the molecule is OC(COC(COCc1ccccc1)COCc1ccccc1)COC(COCc1ccccc1)COCc1ccccc1. The van der Waals surface area contributed by atoms with Gasteiger partial charge in [-0.05, 0) is 22.3 Å². The van der Waals surface area contributed by atoms with Crippen LogP contribution in [0.5, 0.6) is 0 Å². The van der Waals surface area contributed by atoms with E-state index in [0.717, 1.165) is 22.3 Å². The predicted molar refractivity (Wildman–Crippen MR) is 170 cm³/mol. The Morgan fingerprint density at radius 3 is 0.864 bits per heavy atom. The van der Waals surface area contributed by atoms with E-state index in [1.807, 2.05) is 121 Å². The monoisotopic (exact) mass is 600 g/mol. The van der Waals surface area contributed by atoms with Gasteiger partial charge in [-0.1, -0.05) is 121 Å². The maximum absolute atomic E-state index is 10.7. The molecule has 0 aliphatic rings. The highest BCUT2D eigenvalue weighted by Gasteiger charge is 2.17. The van der Waals surface area contributed by atoms with Crippen molar-refractivity contribution in [2.75, 3.05) is 39.6 Å². The van der Waals surface area contributed by atoms with Crippen molar-refractivity contribution in [1.82, 2.24) is 0 Å². The Bertz CT molecular complexity index is 1050. The minimum Gasteiger partial charge on any atom is -0.388 e. The molecule has 0 aliphatic heterocycles. The maximum Gasteiger partial charge on any atom is 0.104 e. The minimum atomic E-state index is -0.841. The highest BCUT2D eigenvalue weighted by molar-refractivity contribution is 5.15. The number of rotatable bonds is 22. The van der Waals surface area contributed by atoms with Crippen LogP contribution in [-0.2, 0) is 54.8 Å². The van der Waals surface area contributed by atoms with Crippen LogP contribution in [0.1, 0.15) is 22.3 Å². The van der Waals surface area contributed by atoms with Gasteiger partial charge in [0.25, 0.3) is 0 Å². The van der Waals surface area contributed by atoms with Gasteiger partial charge in [-0.2, -0.15) is 0 Å².